The molecule has 0 heterocycles. The Hall–Kier alpha value is -1.88. The number of hydrogen-bond acceptors (Lipinski definition) is 5. The molecule has 0 aromatic heterocycles. The second-order valence-electron chi connectivity index (χ2n) is 3.36. The average Bonchev–Trinajstić information content (AvgIpc) is 2.38. The molecule has 0 atom stereocenters. The normalized spacial score (nSPS) is 11.1. The van der Waals surface area contributed by atoms with Gasteiger partial charge in [0.15, 0.2) is 0 Å². The molecule has 0 unspecified atom stereocenters. The lowest BCUT2D eigenvalue weighted by molar-refractivity contribution is -0.135. The second-order valence-corrected chi connectivity index (χ2v) is 3.36. The third-order valence-electron chi connectivity index (χ3n) is 2.02. The van der Waals surface area contributed by atoms with Crippen LogP contribution in [0.2, 0.25) is 0 Å². The molecular weight excluding hydrogens is 234 g/mol. The minimum atomic E-state index is -0.390. The number of rotatable bonds is 8. The molecule has 0 rings (SSSR count). The first kappa shape index (κ1) is 16.1. The quantitative estimate of drug-likeness (QED) is 0.366. The zero-order valence-corrected chi connectivity index (χ0v) is 10.8. The van der Waals surface area contributed by atoms with Gasteiger partial charge in [0.1, 0.15) is 0 Å². The van der Waals surface area contributed by atoms with Crippen molar-refractivity contribution < 1.29 is 19.1 Å². The van der Waals surface area contributed by atoms with E-state index in [0.717, 1.165) is 0 Å². The van der Waals surface area contributed by atoms with Crippen LogP contribution in [0, 0.1) is 0 Å². The fourth-order valence-electron chi connectivity index (χ4n) is 1.14. The van der Waals surface area contributed by atoms with Crippen LogP contribution in [0.1, 0.15) is 0 Å². The summed E-state index contributed by atoms with van der Waals surface area (Å²) >= 11 is 0. The van der Waals surface area contributed by atoms with Crippen LogP contribution in [-0.4, -0.2) is 50.7 Å². The van der Waals surface area contributed by atoms with Crippen molar-refractivity contribution in [1.29, 1.82) is 0 Å². The second kappa shape index (κ2) is 10.3. The highest BCUT2D eigenvalue weighted by molar-refractivity contribution is 5.82. The Morgan fingerprint density at radius 3 is 1.78 bits per heavy atom. The highest BCUT2D eigenvalue weighted by Crippen LogP contribution is 1.92. The van der Waals surface area contributed by atoms with Crippen LogP contribution in [-0.2, 0) is 19.1 Å². The molecule has 0 amide bonds. The molecule has 0 bridgehead atoms. The molecule has 0 aromatic carbocycles. The van der Waals surface area contributed by atoms with Gasteiger partial charge in [0, 0.05) is 31.8 Å². The van der Waals surface area contributed by atoms with Crippen molar-refractivity contribution >= 4 is 11.9 Å². The van der Waals surface area contributed by atoms with E-state index in [4.69, 9.17) is 0 Å². The molecule has 0 aliphatic heterocycles. The summed E-state index contributed by atoms with van der Waals surface area (Å²) in [6.45, 7) is 5.42. The van der Waals surface area contributed by atoms with Gasteiger partial charge in [0.2, 0.25) is 0 Å². The molecule has 0 saturated carbocycles. The number of ether oxygens (including phenoxy) is 2. The van der Waals surface area contributed by atoms with Gasteiger partial charge in [0.05, 0.1) is 14.2 Å². The van der Waals surface area contributed by atoms with Crippen LogP contribution in [0.4, 0.5) is 0 Å². The molecule has 5 nitrogen and oxygen atoms in total. The van der Waals surface area contributed by atoms with E-state index >= 15 is 0 Å². The van der Waals surface area contributed by atoms with Crippen molar-refractivity contribution in [2.75, 3.05) is 33.9 Å². The summed E-state index contributed by atoms with van der Waals surface area (Å²) < 4.78 is 8.96. The maximum absolute atomic E-state index is 10.9. The lowest BCUT2D eigenvalue weighted by atomic mass is 10.3. The summed E-state index contributed by atoms with van der Waals surface area (Å²) in [5.74, 6) is -0.780. The summed E-state index contributed by atoms with van der Waals surface area (Å²) in [7, 11) is 2.65. The van der Waals surface area contributed by atoms with Crippen LogP contribution in [0.5, 0.6) is 0 Å². The van der Waals surface area contributed by atoms with E-state index in [1.807, 2.05) is 4.90 Å². The lowest BCUT2D eigenvalue weighted by Crippen LogP contribution is -2.24. The largest absolute Gasteiger partial charge is 0.466 e. The zero-order valence-electron chi connectivity index (χ0n) is 10.8. The van der Waals surface area contributed by atoms with Gasteiger partial charge in [-0.2, -0.15) is 0 Å². The lowest BCUT2D eigenvalue weighted by Gasteiger charge is -2.15. The Bertz CT molecular complexity index is 306. The van der Waals surface area contributed by atoms with E-state index < -0.39 is 11.9 Å². The van der Waals surface area contributed by atoms with E-state index in [1.165, 1.54) is 26.4 Å². The first-order valence-corrected chi connectivity index (χ1v) is 5.46. The van der Waals surface area contributed by atoms with Crippen molar-refractivity contribution in [3.8, 4) is 0 Å². The minimum absolute atomic E-state index is 0.390. The number of esters is 2. The molecule has 5 heteroatoms. The van der Waals surface area contributed by atoms with Gasteiger partial charge in [-0.25, -0.2) is 9.59 Å². The van der Waals surface area contributed by atoms with Crippen LogP contribution in [0.3, 0.4) is 0 Å². The smallest absolute Gasteiger partial charge is 0.330 e. The molecule has 18 heavy (non-hydrogen) atoms. The Morgan fingerprint density at radius 2 is 1.44 bits per heavy atom. The topological polar surface area (TPSA) is 55.8 Å². The highest BCUT2D eigenvalue weighted by Gasteiger charge is 1.99. The molecule has 0 N–H and O–H groups in total. The molecule has 0 aromatic rings. The van der Waals surface area contributed by atoms with Crippen molar-refractivity contribution in [3.63, 3.8) is 0 Å². The van der Waals surface area contributed by atoms with Crippen molar-refractivity contribution in [1.82, 2.24) is 4.90 Å². The van der Waals surface area contributed by atoms with E-state index in [0.29, 0.717) is 19.6 Å². The number of nitrogens with zero attached hydrogens (tertiary/aromatic N) is 1. The third-order valence-corrected chi connectivity index (χ3v) is 2.02. The molecule has 0 spiro atoms. The van der Waals surface area contributed by atoms with Gasteiger partial charge < -0.3 is 9.47 Å². The van der Waals surface area contributed by atoms with Gasteiger partial charge in [-0.15, -0.1) is 6.58 Å². The van der Waals surface area contributed by atoms with E-state index in [1.54, 1.807) is 18.2 Å². The van der Waals surface area contributed by atoms with Crippen molar-refractivity contribution in [2.24, 2.45) is 0 Å². The number of carbonyl (C=O) groups is 2. The summed E-state index contributed by atoms with van der Waals surface area (Å²) in [6.07, 6.45) is 7.86. The standard InChI is InChI=1S/C13H19NO4/c1-4-9-14(10-5-7-12(15)17-2)11-6-8-13(16)18-3/h4-8H,1,9-11H2,2-3H3/b7-5+,8-6+. The van der Waals surface area contributed by atoms with Gasteiger partial charge >= 0.3 is 11.9 Å². The van der Waals surface area contributed by atoms with Crippen LogP contribution >= 0.6 is 0 Å². The Labute approximate surface area is 107 Å². The molecule has 0 fully saturated rings. The first-order chi connectivity index (χ1) is 8.63. The van der Waals surface area contributed by atoms with Crippen LogP contribution in [0.15, 0.2) is 37.0 Å². The Kier molecular flexibility index (Phi) is 9.21. The van der Waals surface area contributed by atoms with Gasteiger partial charge in [-0.05, 0) is 0 Å². The maximum atomic E-state index is 10.9. The van der Waals surface area contributed by atoms with E-state index in [9.17, 15) is 9.59 Å². The fourth-order valence-corrected chi connectivity index (χ4v) is 1.14. The molecular formula is C13H19NO4. The Morgan fingerprint density at radius 1 is 1.00 bits per heavy atom. The molecule has 0 aliphatic carbocycles. The van der Waals surface area contributed by atoms with Gasteiger partial charge in [-0.3, -0.25) is 4.90 Å². The van der Waals surface area contributed by atoms with E-state index in [2.05, 4.69) is 16.1 Å². The van der Waals surface area contributed by atoms with Crippen molar-refractivity contribution in [2.45, 2.75) is 0 Å². The minimum Gasteiger partial charge on any atom is -0.466 e. The summed E-state index contributed by atoms with van der Waals surface area (Å²) in [5.41, 5.74) is 0. The zero-order chi connectivity index (χ0) is 13.8. The van der Waals surface area contributed by atoms with Crippen LogP contribution < -0.4 is 0 Å². The third kappa shape index (κ3) is 8.29. The number of carbonyl (C=O) groups excluding carboxylic acids is 2. The molecule has 100 valence electrons. The fraction of sp³-hybridized carbons (Fsp3) is 0.385. The van der Waals surface area contributed by atoms with E-state index in [-0.39, 0.29) is 0 Å². The summed E-state index contributed by atoms with van der Waals surface area (Å²) in [4.78, 5) is 23.7. The maximum Gasteiger partial charge on any atom is 0.330 e. The van der Waals surface area contributed by atoms with Gasteiger partial charge in [0.25, 0.3) is 0 Å². The monoisotopic (exact) mass is 253 g/mol. The van der Waals surface area contributed by atoms with Crippen LogP contribution in [0.25, 0.3) is 0 Å². The molecule has 0 saturated heterocycles. The average molecular weight is 253 g/mol. The summed E-state index contributed by atoms with van der Waals surface area (Å²) in [6, 6.07) is 0. The SMILES string of the molecule is C=CCN(C/C=C/C(=O)OC)C/C=C/C(=O)OC. The predicted molar refractivity (Wildman–Crippen MR) is 68.9 cm³/mol. The predicted octanol–water partition coefficient (Wildman–Crippen LogP) is 0.933. The first-order valence-electron chi connectivity index (χ1n) is 5.46. The summed E-state index contributed by atoms with van der Waals surface area (Å²) in [5, 5.41) is 0. The highest BCUT2D eigenvalue weighted by atomic mass is 16.5. The van der Waals surface area contributed by atoms with Gasteiger partial charge in [-0.1, -0.05) is 18.2 Å². The number of hydrogen-bond donors (Lipinski definition) is 0. The molecule has 0 radical (unpaired) electrons. The van der Waals surface area contributed by atoms with Crippen molar-refractivity contribution in [3.05, 3.63) is 37.0 Å². The number of methoxy groups -OCH3 is 2. The molecule has 0 aliphatic rings. The Balaban J connectivity index is 4.18.